The maximum Gasteiger partial charge on any atom is 0.309 e. The van der Waals surface area contributed by atoms with Gasteiger partial charge in [-0.3, -0.25) is 19.6 Å². The predicted molar refractivity (Wildman–Crippen MR) is 137 cm³/mol. The lowest BCUT2D eigenvalue weighted by Gasteiger charge is -2.07. The summed E-state index contributed by atoms with van der Waals surface area (Å²) in [5.41, 5.74) is 3.87. The van der Waals surface area contributed by atoms with Gasteiger partial charge in [0.2, 0.25) is 0 Å². The van der Waals surface area contributed by atoms with Gasteiger partial charge in [-0.25, -0.2) is 0 Å². The molecule has 0 N–H and O–H groups in total. The minimum atomic E-state index is -0.161. The molecule has 0 radical (unpaired) electrons. The van der Waals surface area contributed by atoms with Gasteiger partial charge in [-0.05, 0) is 69.9 Å². The number of ether oxygens (including phenoxy) is 2. The third kappa shape index (κ3) is 6.02. The summed E-state index contributed by atoms with van der Waals surface area (Å²) in [6, 6.07) is 9.52. The van der Waals surface area contributed by atoms with Crippen molar-refractivity contribution in [2.75, 3.05) is 14.2 Å². The van der Waals surface area contributed by atoms with Crippen molar-refractivity contribution in [3.05, 3.63) is 80.8 Å². The van der Waals surface area contributed by atoms with Gasteiger partial charge in [-0.2, -0.15) is 0 Å². The molecule has 0 aliphatic heterocycles. The Hall–Kier alpha value is -2.48. The highest BCUT2D eigenvalue weighted by atomic mass is 79.9. The third-order valence-electron chi connectivity index (χ3n) is 6.19. The van der Waals surface area contributed by atoms with Crippen molar-refractivity contribution < 1.29 is 19.1 Å². The van der Waals surface area contributed by atoms with Crippen molar-refractivity contribution in [1.82, 2.24) is 9.97 Å². The topological polar surface area (TPSA) is 78.4 Å². The van der Waals surface area contributed by atoms with Gasteiger partial charge < -0.3 is 9.47 Å². The number of nitrogens with zero attached hydrogens (tertiary/aromatic N) is 2. The van der Waals surface area contributed by atoms with Crippen LogP contribution in [0.25, 0.3) is 11.1 Å². The lowest BCUT2D eigenvalue weighted by molar-refractivity contribution is -0.143. The third-order valence-corrected chi connectivity index (χ3v) is 7.45. The number of aromatic nitrogens is 2. The Morgan fingerprint density at radius 3 is 2.03 bits per heavy atom. The van der Waals surface area contributed by atoms with Crippen LogP contribution in [0.4, 0.5) is 0 Å². The molecule has 0 bridgehead atoms. The molecule has 2 saturated carbocycles. The maximum absolute atomic E-state index is 11.5. The SMILES string of the molecule is COC(=O)C1CC1c1cncc(-c2cccc(Cl)c2Cl)c1.COC(=O)C1CC1c1cncc(Br)c1. The van der Waals surface area contributed by atoms with Gasteiger partial charge in [0.15, 0.2) is 0 Å². The lowest BCUT2D eigenvalue weighted by Crippen LogP contribution is -2.04. The Morgan fingerprint density at radius 1 is 0.886 bits per heavy atom. The van der Waals surface area contributed by atoms with Crippen molar-refractivity contribution in [3.8, 4) is 11.1 Å². The highest BCUT2D eigenvalue weighted by Gasteiger charge is 2.45. The van der Waals surface area contributed by atoms with E-state index < -0.39 is 0 Å². The molecule has 0 saturated heterocycles. The zero-order chi connectivity index (χ0) is 25.1. The van der Waals surface area contributed by atoms with E-state index in [2.05, 4.69) is 30.6 Å². The highest BCUT2D eigenvalue weighted by Crippen LogP contribution is 2.49. The van der Waals surface area contributed by atoms with Gasteiger partial charge in [0.1, 0.15) is 0 Å². The largest absolute Gasteiger partial charge is 0.469 e. The lowest BCUT2D eigenvalue weighted by atomic mass is 10.0. The molecule has 4 atom stereocenters. The molecule has 0 spiro atoms. The van der Waals surface area contributed by atoms with E-state index in [4.69, 9.17) is 27.9 Å². The molecule has 2 aliphatic carbocycles. The zero-order valence-corrected chi connectivity index (χ0v) is 22.2. The Morgan fingerprint density at radius 2 is 1.46 bits per heavy atom. The van der Waals surface area contributed by atoms with Crippen LogP contribution in [0.3, 0.4) is 0 Å². The second-order valence-corrected chi connectivity index (χ2v) is 10.2. The molecule has 4 unspecified atom stereocenters. The fourth-order valence-electron chi connectivity index (χ4n) is 4.12. The first kappa shape index (κ1) is 25.6. The van der Waals surface area contributed by atoms with Crippen molar-refractivity contribution in [1.29, 1.82) is 0 Å². The minimum absolute atomic E-state index is 0.0381. The predicted octanol–water partition coefficient (Wildman–Crippen LogP) is 6.45. The number of benzene rings is 1. The van der Waals surface area contributed by atoms with Gasteiger partial charge in [-0.15, -0.1) is 0 Å². The molecule has 35 heavy (non-hydrogen) atoms. The van der Waals surface area contributed by atoms with Crippen LogP contribution in [-0.4, -0.2) is 36.1 Å². The summed E-state index contributed by atoms with van der Waals surface area (Å²) < 4.78 is 10.4. The Kier molecular flexibility index (Phi) is 8.09. The van der Waals surface area contributed by atoms with Crippen LogP contribution in [0.15, 0.2) is 59.6 Å². The highest BCUT2D eigenvalue weighted by molar-refractivity contribution is 9.10. The summed E-state index contributed by atoms with van der Waals surface area (Å²) >= 11 is 15.6. The number of carbonyl (C=O) groups is 2. The molecule has 2 aliphatic rings. The van der Waals surface area contributed by atoms with Crippen LogP contribution in [0, 0.1) is 11.8 Å². The van der Waals surface area contributed by atoms with Crippen molar-refractivity contribution >= 4 is 51.1 Å². The molecule has 5 rings (SSSR count). The summed E-state index contributed by atoms with van der Waals surface area (Å²) in [6.45, 7) is 0. The fraction of sp³-hybridized carbons (Fsp3) is 0.308. The van der Waals surface area contributed by atoms with Gasteiger partial charge in [0, 0.05) is 40.4 Å². The van der Waals surface area contributed by atoms with Crippen molar-refractivity contribution in [2.24, 2.45) is 11.8 Å². The second kappa shape index (κ2) is 11.1. The quantitative estimate of drug-likeness (QED) is 0.324. The molecule has 2 fully saturated rings. The molecular formula is C26H23BrCl2N2O4. The van der Waals surface area contributed by atoms with Crippen LogP contribution in [-0.2, 0) is 19.1 Å². The van der Waals surface area contributed by atoms with E-state index in [9.17, 15) is 9.59 Å². The van der Waals surface area contributed by atoms with E-state index in [0.717, 1.165) is 39.6 Å². The van der Waals surface area contributed by atoms with Gasteiger partial charge >= 0.3 is 11.9 Å². The van der Waals surface area contributed by atoms with E-state index in [1.54, 1.807) is 30.9 Å². The van der Waals surface area contributed by atoms with Crippen molar-refractivity contribution in [3.63, 3.8) is 0 Å². The molecule has 0 amide bonds. The zero-order valence-electron chi connectivity index (χ0n) is 19.1. The van der Waals surface area contributed by atoms with E-state index in [1.165, 1.54) is 14.2 Å². The number of halogens is 3. The number of carbonyl (C=O) groups excluding carboxylic acids is 2. The minimum Gasteiger partial charge on any atom is -0.469 e. The van der Waals surface area contributed by atoms with Gasteiger partial charge in [0.05, 0.1) is 36.1 Å². The Bertz CT molecular complexity index is 1260. The van der Waals surface area contributed by atoms with Crippen LogP contribution >= 0.6 is 39.1 Å². The number of hydrogen-bond donors (Lipinski definition) is 0. The van der Waals surface area contributed by atoms with Crippen LogP contribution in [0.2, 0.25) is 10.0 Å². The normalized spacial score (nSPS) is 21.9. The molecule has 2 aromatic heterocycles. The van der Waals surface area contributed by atoms with E-state index >= 15 is 0 Å². The molecule has 6 nitrogen and oxygen atoms in total. The van der Waals surface area contributed by atoms with E-state index in [-0.39, 0.29) is 29.7 Å². The van der Waals surface area contributed by atoms with Crippen molar-refractivity contribution in [2.45, 2.75) is 24.7 Å². The standard InChI is InChI=1S/C16H13Cl2NO2.C10H10BrNO2/c1-21-16(20)13-6-12(13)10-5-9(7-19-8-10)11-3-2-4-14(17)15(11)18;1-14-10(13)9-3-8(9)6-2-7(11)5-12-4-6/h2-5,7-8,12-13H,6H2,1H3;2,4-5,8-9H,3H2,1H3. The fourth-order valence-corrected chi connectivity index (χ4v) is 4.91. The maximum atomic E-state index is 11.5. The number of pyridine rings is 2. The summed E-state index contributed by atoms with van der Waals surface area (Å²) in [6.07, 6.45) is 8.76. The number of methoxy groups -OCH3 is 2. The monoisotopic (exact) mass is 576 g/mol. The van der Waals surface area contributed by atoms with E-state index in [0.29, 0.717) is 16.0 Å². The summed E-state index contributed by atoms with van der Waals surface area (Å²) in [5, 5.41) is 1.02. The number of hydrogen-bond acceptors (Lipinski definition) is 6. The Labute approximate surface area is 222 Å². The first-order chi connectivity index (χ1) is 16.8. The van der Waals surface area contributed by atoms with Crippen LogP contribution < -0.4 is 0 Å². The number of rotatable bonds is 5. The Balaban J connectivity index is 0.000000179. The summed E-state index contributed by atoms with van der Waals surface area (Å²) in [5.74, 6) is 0.189. The molecule has 3 aromatic rings. The first-order valence-electron chi connectivity index (χ1n) is 11.0. The number of esters is 2. The average molecular weight is 578 g/mol. The smallest absolute Gasteiger partial charge is 0.309 e. The average Bonchev–Trinajstić information content (AvgIpc) is 3.79. The van der Waals surface area contributed by atoms with E-state index in [1.807, 2.05) is 24.3 Å². The van der Waals surface area contributed by atoms with Gasteiger partial charge in [0.25, 0.3) is 0 Å². The molecule has 1 aromatic carbocycles. The van der Waals surface area contributed by atoms with Crippen LogP contribution in [0.1, 0.15) is 35.8 Å². The summed E-state index contributed by atoms with van der Waals surface area (Å²) in [4.78, 5) is 31.0. The molecule has 182 valence electrons. The molecular weight excluding hydrogens is 555 g/mol. The second-order valence-electron chi connectivity index (χ2n) is 8.49. The van der Waals surface area contributed by atoms with Gasteiger partial charge in [-0.1, -0.05) is 35.3 Å². The molecule has 2 heterocycles. The van der Waals surface area contributed by atoms with Crippen LogP contribution in [0.5, 0.6) is 0 Å². The first-order valence-corrected chi connectivity index (χ1v) is 12.5. The summed E-state index contributed by atoms with van der Waals surface area (Å²) in [7, 11) is 2.84. The molecule has 9 heteroatoms.